The van der Waals surface area contributed by atoms with Crippen molar-refractivity contribution in [3.63, 3.8) is 0 Å². The van der Waals surface area contributed by atoms with Gasteiger partial charge in [0.25, 0.3) is 0 Å². The van der Waals surface area contributed by atoms with Crippen molar-refractivity contribution in [2.75, 3.05) is 26.3 Å². The second-order valence-electron chi connectivity index (χ2n) is 7.05. The lowest BCUT2D eigenvalue weighted by molar-refractivity contribution is 0.105. The van der Waals surface area contributed by atoms with Gasteiger partial charge in [-0.1, -0.05) is 60.7 Å². The molecule has 1 unspecified atom stereocenters. The first kappa shape index (κ1) is 22.6. The summed E-state index contributed by atoms with van der Waals surface area (Å²) >= 11 is 0. The van der Waals surface area contributed by atoms with Crippen LogP contribution in [0.4, 0.5) is 0 Å². The van der Waals surface area contributed by atoms with Crippen LogP contribution in [-0.2, 0) is 13.2 Å². The highest BCUT2D eigenvalue weighted by molar-refractivity contribution is 5.46. The maximum Gasteiger partial charge on any atom is 0.165 e. The summed E-state index contributed by atoms with van der Waals surface area (Å²) in [4.78, 5) is 0. The molecule has 0 amide bonds. The van der Waals surface area contributed by atoms with Crippen molar-refractivity contribution >= 4 is 0 Å². The zero-order valence-corrected chi connectivity index (χ0v) is 17.4. The molecule has 0 heterocycles. The van der Waals surface area contributed by atoms with Gasteiger partial charge in [-0.05, 0) is 23.3 Å². The Hall–Kier alpha value is -3.06. The quantitative estimate of drug-likeness (QED) is 0.367. The number of ether oxygens (including phenoxy) is 3. The predicted octanol–water partition coefficient (Wildman–Crippen LogP) is 3.17. The van der Waals surface area contributed by atoms with Crippen LogP contribution in [-0.4, -0.2) is 42.6 Å². The van der Waals surface area contributed by atoms with Crippen LogP contribution in [0, 0.1) is 0 Å². The minimum atomic E-state index is -0.686. The molecule has 0 fully saturated rings. The summed E-state index contributed by atoms with van der Waals surface area (Å²) in [6.07, 6.45) is -0.686. The minimum Gasteiger partial charge on any atom is -0.491 e. The Balaban J connectivity index is 1.65. The summed E-state index contributed by atoms with van der Waals surface area (Å²) in [5.41, 5.74) is 2.11. The first-order valence-corrected chi connectivity index (χ1v) is 10.3. The maximum absolute atomic E-state index is 10.00. The van der Waals surface area contributed by atoms with Crippen LogP contribution >= 0.6 is 0 Å². The molecule has 0 aliphatic heterocycles. The molecule has 0 bridgehead atoms. The molecule has 0 aromatic heterocycles. The van der Waals surface area contributed by atoms with Crippen molar-refractivity contribution in [2.24, 2.45) is 0 Å². The molecular weight excluding hydrogens is 394 g/mol. The Bertz CT molecular complexity index is 889. The number of rotatable bonds is 13. The molecule has 0 saturated heterocycles. The van der Waals surface area contributed by atoms with E-state index in [9.17, 15) is 5.11 Å². The van der Waals surface area contributed by atoms with E-state index < -0.39 is 6.10 Å². The molecule has 0 aliphatic carbocycles. The van der Waals surface area contributed by atoms with Gasteiger partial charge >= 0.3 is 0 Å². The molecule has 31 heavy (non-hydrogen) atoms. The van der Waals surface area contributed by atoms with E-state index in [1.54, 1.807) is 12.1 Å². The van der Waals surface area contributed by atoms with Gasteiger partial charge in [-0.25, -0.2) is 0 Å². The summed E-state index contributed by atoms with van der Waals surface area (Å²) in [5.74, 6) is 1.78. The lowest BCUT2D eigenvalue weighted by Gasteiger charge is -2.16. The number of aliphatic hydroxyl groups is 2. The first-order chi connectivity index (χ1) is 15.2. The molecule has 6 heteroatoms. The molecule has 0 saturated carbocycles. The molecule has 6 nitrogen and oxygen atoms in total. The van der Waals surface area contributed by atoms with Gasteiger partial charge < -0.3 is 29.7 Å². The SMILES string of the molecule is OCCNCC(O)COc1ccc(OCc2ccccc2)c(OCc2ccccc2)c1. The highest BCUT2D eigenvalue weighted by Gasteiger charge is 2.11. The Morgan fingerprint density at radius 3 is 1.97 bits per heavy atom. The number of nitrogens with one attached hydrogen (secondary N) is 1. The molecule has 0 aliphatic rings. The van der Waals surface area contributed by atoms with Gasteiger partial charge in [-0.15, -0.1) is 0 Å². The summed E-state index contributed by atoms with van der Waals surface area (Å²) in [6.45, 7) is 1.76. The summed E-state index contributed by atoms with van der Waals surface area (Å²) in [6, 6.07) is 25.2. The average molecular weight is 424 g/mol. The summed E-state index contributed by atoms with van der Waals surface area (Å²) in [5, 5.41) is 21.7. The lowest BCUT2D eigenvalue weighted by atomic mass is 10.2. The fraction of sp³-hybridized carbons (Fsp3) is 0.280. The van der Waals surface area contributed by atoms with E-state index in [4.69, 9.17) is 19.3 Å². The van der Waals surface area contributed by atoms with Gasteiger partial charge in [-0.3, -0.25) is 0 Å². The molecule has 0 spiro atoms. The molecule has 3 N–H and O–H groups in total. The third kappa shape index (κ3) is 7.94. The van der Waals surface area contributed by atoms with E-state index in [2.05, 4.69) is 5.32 Å². The molecule has 3 aromatic carbocycles. The van der Waals surface area contributed by atoms with Gasteiger partial charge in [0.05, 0.1) is 6.61 Å². The monoisotopic (exact) mass is 423 g/mol. The Morgan fingerprint density at radius 2 is 1.35 bits per heavy atom. The van der Waals surface area contributed by atoms with Crippen LogP contribution in [0.3, 0.4) is 0 Å². The fourth-order valence-electron chi connectivity index (χ4n) is 2.88. The smallest absolute Gasteiger partial charge is 0.165 e. The van der Waals surface area contributed by atoms with E-state index in [1.165, 1.54) is 0 Å². The molecular formula is C25H29NO5. The normalized spacial score (nSPS) is 11.7. The number of aliphatic hydroxyl groups excluding tert-OH is 2. The highest BCUT2D eigenvalue weighted by atomic mass is 16.5. The Labute approximate surface area is 183 Å². The number of hydrogen-bond acceptors (Lipinski definition) is 6. The van der Waals surface area contributed by atoms with Crippen molar-refractivity contribution in [2.45, 2.75) is 19.3 Å². The van der Waals surface area contributed by atoms with Crippen LogP contribution < -0.4 is 19.5 Å². The van der Waals surface area contributed by atoms with Gasteiger partial charge in [-0.2, -0.15) is 0 Å². The average Bonchev–Trinajstić information content (AvgIpc) is 2.82. The van der Waals surface area contributed by atoms with Gasteiger partial charge in [0.1, 0.15) is 31.7 Å². The van der Waals surface area contributed by atoms with Crippen molar-refractivity contribution < 1.29 is 24.4 Å². The summed E-state index contributed by atoms with van der Waals surface area (Å²) < 4.78 is 17.7. The Morgan fingerprint density at radius 1 is 0.742 bits per heavy atom. The van der Waals surface area contributed by atoms with Crippen molar-refractivity contribution in [1.82, 2.24) is 5.32 Å². The third-order valence-corrected chi connectivity index (χ3v) is 4.50. The van der Waals surface area contributed by atoms with Gasteiger partial charge in [0.15, 0.2) is 11.5 Å². The molecule has 0 radical (unpaired) electrons. The molecule has 1 atom stereocenters. The zero-order valence-electron chi connectivity index (χ0n) is 17.4. The van der Waals surface area contributed by atoms with Crippen LogP contribution in [0.1, 0.15) is 11.1 Å². The highest BCUT2D eigenvalue weighted by Crippen LogP contribution is 2.33. The van der Waals surface area contributed by atoms with E-state index in [1.807, 2.05) is 66.7 Å². The second-order valence-corrected chi connectivity index (χ2v) is 7.05. The number of hydrogen-bond donors (Lipinski definition) is 3. The topological polar surface area (TPSA) is 80.2 Å². The Kier molecular flexibility index (Phi) is 9.19. The van der Waals surface area contributed by atoms with Crippen LogP contribution in [0.25, 0.3) is 0 Å². The van der Waals surface area contributed by atoms with Crippen LogP contribution in [0.2, 0.25) is 0 Å². The first-order valence-electron chi connectivity index (χ1n) is 10.3. The summed E-state index contributed by atoms with van der Waals surface area (Å²) in [7, 11) is 0. The maximum atomic E-state index is 10.00. The van der Waals surface area contributed by atoms with E-state index in [-0.39, 0.29) is 13.2 Å². The standard InChI is InChI=1S/C25H29NO5/c27-14-13-26-16-22(28)19-29-23-11-12-24(30-17-20-7-3-1-4-8-20)25(15-23)31-18-21-9-5-2-6-10-21/h1-12,15,22,26-28H,13-14,16-19H2. The van der Waals surface area contributed by atoms with Crippen molar-refractivity contribution in [3.05, 3.63) is 90.0 Å². The van der Waals surface area contributed by atoms with Crippen LogP contribution in [0.5, 0.6) is 17.2 Å². The molecule has 164 valence electrons. The second kappa shape index (κ2) is 12.6. The number of benzene rings is 3. The fourth-order valence-corrected chi connectivity index (χ4v) is 2.88. The van der Waals surface area contributed by atoms with Crippen molar-refractivity contribution in [1.29, 1.82) is 0 Å². The van der Waals surface area contributed by atoms with E-state index in [0.29, 0.717) is 43.6 Å². The van der Waals surface area contributed by atoms with Crippen molar-refractivity contribution in [3.8, 4) is 17.2 Å². The minimum absolute atomic E-state index is 0.0279. The van der Waals surface area contributed by atoms with Gasteiger partial charge in [0.2, 0.25) is 0 Å². The van der Waals surface area contributed by atoms with Crippen LogP contribution in [0.15, 0.2) is 78.9 Å². The molecule has 3 rings (SSSR count). The predicted molar refractivity (Wildman–Crippen MR) is 119 cm³/mol. The zero-order chi connectivity index (χ0) is 21.7. The third-order valence-electron chi connectivity index (χ3n) is 4.50. The van der Waals surface area contributed by atoms with E-state index in [0.717, 1.165) is 11.1 Å². The largest absolute Gasteiger partial charge is 0.491 e. The van der Waals surface area contributed by atoms with E-state index >= 15 is 0 Å². The lowest BCUT2D eigenvalue weighted by Crippen LogP contribution is -2.32. The van der Waals surface area contributed by atoms with Gasteiger partial charge in [0, 0.05) is 19.2 Å². The molecule has 3 aromatic rings.